The van der Waals surface area contributed by atoms with Gasteiger partial charge >= 0.3 is 17.9 Å². The van der Waals surface area contributed by atoms with Gasteiger partial charge in [0.2, 0.25) is 0 Å². The number of ether oxygens (including phenoxy) is 5. The van der Waals surface area contributed by atoms with Crippen molar-refractivity contribution < 1.29 is 38.1 Å². The second-order valence-corrected chi connectivity index (χ2v) is 4.95. The number of carbonyl (C=O) groups is 3. The molecule has 0 spiro atoms. The van der Waals surface area contributed by atoms with Gasteiger partial charge in [0.15, 0.2) is 24.6 Å². The Morgan fingerprint density at radius 2 is 1.43 bits per heavy atom. The Morgan fingerprint density at radius 3 is 1.91 bits per heavy atom. The van der Waals surface area contributed by atoms with Crippen LogP contribution in [0.2, 0.25) is 0 Å². The topological polar surface area (TPSA) is 97.4 Å². The van der Waals surface area contributed by atoms with E-state index in [0.29, 0.717) is 0 Å². The average Bonchev–Trinajstić information content (AvgIpc) is 2.42. The lowest BCUT2D eigenvalue weighted by Gasteiger charge is -2.43. The fourth-order valence-electron chi connectivity index (χ4n) is 2.23. The van der Waals surface area contributed by atoms with Crippen molar-refractivity contribution in [2.24, 2.45) is 0 Å². The van der Waals surface area contributed by atoms with Crippen LogP contribution < -0.4 is 0 Å². The van der Waals surface area contributed by atoms with Crippen LogP contribution in [0.15, 0.2) is 0 Å². The first-order chi connectivity index (χ1) is 10.8. The van der Waals surface area contributed by atoms with Crippen molar-refractivity contribution in [1.82, 2.24) is 0 Å². The molecule has 1 fully saturated rings. The van der Waals surface area contributed by atoms with Crippen molar-refractivity contribution in [2.45, 2.75) is 58.4 Å². The summed E-state index contributed by atoms with van der Waals surface area (Å²) in [6.45, 7) is 5.09. The molecule has 0 aromatic heterocycles. The summed E-state index contributed by atoms with van der Waals surface area (Å²) in [5.74, 6) is 0.408. The Labute approximate surface area is 134 Å². The smallest absolute Gasteiger partial charge is 0.303 e. The van der Waals surface area contributed by atoms with E-state index in [2.05, 4.69) is 5.92 Å². The highest BCUT2D eigenvalue weighted by Gasteiger charge is 2.50. The van der Waals surface area contributed by atoms with E-state index in [0.717, 1.165) is 0 Å². The molecule has 1 rings (SSSR count). The maximum Gasteiger partial charge on any atom is 0.303 e. The van der Waals surface area contributed by atoms with E-state index in [1.165, 1.54) is 20.8 Å². The molecule has 0 saturated carbocycles. The maximum atomic E-state index is 11.4. The van der Waals surface area contributed by atoms with E-state index < -0.39 is 48.6 Å². The molecule has 0 radical (unpaired) electrons. The lowest BCUT2D eigenvalue weighted by Crippen LogP contribution is -2.61. The Bertz CT molecular complexity index is 494. The van der Waals surface area contributed by atoms with Gasteiger partial charge in [0.25, 0.3) is 0 Å². The summed E-state index contributed by atoms with van der Waals surface area (Å²) < 4.78 is 26.4. The van der Waals surface area contributed by atoms with Gasteiger partial charge in [-0.05, 0) is 6.92 Å². The van der Waals surface area contributed by atoms with Crippen molar-refractivity contribution in [1.29, 1.82) is 0 Å². The number of hydrogen-bond acceptors (Lipinski definition) is 8. The van der Waals surface area contributed by atoms with Crippen LogP contribution in [-0.2, 0) is 38.1 Å². The minimum atomic E-state index is -1.12. The summed E-state index contributed by atoms with van der Waals surface area (Å²) in [7, 11) is 0. The van der Waals surface area contributed by atoms with E-state index in [4.69, 9.17) is 30.1 Å². The molecule has 8 heteroatoms. The average molecular weight is 328 g/mol. The summed E-state index contributed by atoms with van der Waals surface area (Å²) in [6, 6.07) is 0. The minimum Gasteiger partial charge on any atom is -0.456 e. The van der Waals surface area contributed by atoms with E-state index in [9.17, 15) is 14.4 Å². The van der Waals surface area contributed by atoms with Gasteiger partial charge in [-0.2, -0.15) is 0 Å². The number of carbonyl (C=O) groups excluding carboxylic acids is 3. The van der Waals surface area contributed by atoms with E-state index in [-0.39, 0.29) is 6.61 Å². The fraction of sp³-hybridized carbons (Fsp3) is 0.667. The first-order valence-corrected chi connectivity index (χ1v) is 6.98. The molecule has 1 heterocycles. The standard InChI is InChI=1S/C15H20O8/c1-6-7-19-15-14(23-11(5)18)13(22-10(4)17)12(8(2)20-15)21-9(3)16/h1,8,12-15H,7H2,2-5H3/t8?,12-,13?,14-,15+/m0/s1. The predicted octanol–water partition coefficient (Wildman–Crippen LogP) is 0.176. The molecular formula is C15H20O8. The lowest BCUT2D eigenvalue weighted by atomic mass is 9.99. The molecule has 0 aliphatic carbocycles. The van der Waals surface area contributed by atoms with Crippen LogP contribution in [0.25, 0.3) is 0 Å². The zero-order chi connectivity index (χ0) is 17.6. The SMILES string of the molecule is C#CCO[C@@H]1OC(C)[C@H](OC(C)=O)C(OC(C)=O)[C@@H]1OC(C)=O. The molecule has 0 bridgehead atoms. The van der Waals surface area contributed by atoms with E-state index >= 15 is 0 Å². The van der Waals surface area contributed by atoms with Gasteiger partial charge in [0, 0.05) is 20.8 Å². The van der Waals surface area contributed by atoms with Gasteiger partial charge in [-0.3, -0.25) is 14.4 Å². The van der Waals surface area contributed by atoms with Crippen molar-refractivity contribution in [2.75, 3.05) is 6.61 Å². The third-order valence-electron chi connectivity index (χ3n) is 2.96. The highest BCUT2D eigenvalue weighted by Crippen LogP contribution is 2.29. The molecule has 23 heavy (non-hydrogen) atoms. The van der Waals surface area contributed by atoms with Crippen molar-refractivity contribution in [3.8, 4) is 12.3 Å². The normalized spacial score (nSPS) is 30.0. The molecule has 128 valence electrons. The highest BCUT2D eigenvalue weighted by atomic mass is 16.7. The molecule has 1 aliphatic rings. The Morgan fingerprint density at radius 1 is 0.957 bits per heavy atom. The fourth-order valence-corrected chi connectivity index (χ4v) is 2.23. The summed E-state index contributed by atoms with van der Waals surface area (Å²) in [5, 5.41) is 0. The second-order valence-electron chi connectivity index (χ2n) is 4.95. The van der Waals surface area contributed by atoms with Crippen LogP contribution in [0.5, 0.6) is 0 Å². The van der Waals surface area contributed by atoms with Gasteiger partial charge in [-0.25, -0.2) is 0 Å². The number of terminal acetylenes is 1. The molecule has 0 amide bonds. The molecule has 1 aliphatic heterocycles. The molecule has 0 aromatic rings. The number of esters is 3. The Balaban J connectivity index is 3.11. The Kier molecular flexibility index (Phi) is 7.00. The Hall–Kier alpha value is -2.11. The molecule has 0 N–H and O–H groups in total. The first kappa shape index (κ1) is 18.9. The van der Waals surface area contributed by atoms with Gasteiger partial charge < -0.3 is 23.7 Å². The summed E-state index contributed by atoms with van der Waals surface area (Å²) >= 11 is 0. The van der Waals surface area contributed by atoms with E-state index in [1.54, 1.807) is 6.92 Å². The zero-order valence-corrected chi connectivity index (χ0v) is 13.4. The third kappa shape index (κ3) is 5.54. The largest absolute Gasteiger partial charge is 0.456 e. The quantitative estimate of drug-likeness (QED) is 0.400. The lowest BCUT2D eigenvalue weighted by molar-refractivity contribution is -0.298. The maximum absolute atomic E-state index is 11.4. The van der Waals surface area contributed by atoms with Crippen LogP contribution in [0.4, 0.5) is 0 Å². The summed E-state index contributed by atoms with van der Waals surface area (Å²) in [6.07, 6.45) is 0.270. The van der Waals surface area contributed by atoms with Gasteiger partial charge in [-0.15, -0.1) is 6.42 Å². The van der Waals surface area contributed by atoms with Crippen LogP contribution in [0, 0.1) is 12.3 Å². The zero-order valence-electron chi connectivity index (χ0n) is 13.4. The predicted molar refractivity (Wildman–Crippen MR) is 75.8 cm³/mol. The van der Waals surface area contributed by atoms with Crippen molar-refractivity contribution in [3.05, 3.63) is 0 Å². The number of hydrogen-bond donors (Lipinski definition) is 0. The molecular weight excluding hydrogens is 308 g/mol. The van der Waals surface area contributed by atoms with Crippen LogP contribution in [0.1, 0.15) is 27.7 Å². The minimum absolute atomic E-state index is 0.0970. The van der Waals surface area contributed by atoms with Gasteiger partial charge in [0.05, 0.1) is 6.10 Å². The molecule has 1 saturated heterocycles. The third-order valence-corrected chi connectivity index (χ3v) is 2.96. The second kappa shape index (κ2) is 8.50. The van der Waals surface area contributed by atoms with Gasteiger partial charge in [0.1, 0.15) is 6.61 Å². The van der Waals surface area contributed by atoms with Crippen LogP contribution in [0.3, 0.4) is 0 Å². The monoisotopic (exact) mass is 328 g/mol. The summed E-state index contributed by atoms with van der Waals surface area (Å²) in [5.41, 5.74) is 0. The molecule has 2 unspecified atom stereocenters. The summed E-state index contributed by atoms with van der Waals surface area (Å²) in [4.78, 5) is 34.0. The molecule has 8 nitrogen and oxygen atoms in total. The van der Waals surface area contributed by atoms with Crippen molar-refractivity contribution >= 4 is 17.9 Å². The highest BCUT2D eigenvalue weighted by molar-refractivity contribution is 5.68. The van der Waals surface area contributed by atoms with Crippen molar-refractivity contribution in [3.63, 3.8) is 0 Å². The van der Waals surface area contributed by atoms with Gasteiger partial charge in [-0.1, -0.05) is 5.92 Å². The first-order valence-electron chi connectivity index (χ1n) is 6.98. The van der Waals surface area contributed by atoms with Crippen LogP contribution >= 0.6 is 0 Å². The van der Waals surface area contributed by atoms with E-state index in [1.807, 2.05) is 0 Å². The molecule has 5 atom stereocenters. The number of rotatable bonds is 5. The molecule has 0 aromatic carbocycles. The van der Waals surface area contributed by atoms with Crippen LogP contribution in [-0.4, -0.2) is 55.2 Å².